The maximum atomic E-state index is 11.6. The van der Waals surface area contributed by atoms with E-state index in [1.807, 2.05) is 44.2 Å². The first-order valence-electron chi connectivity index (χ1n) is 7.37. The van der Waals surface area contributed by atoms with E-state index >= 15 is 0 Å². The molecule has 1 aromatic rings. The minimum Gasteiger partial charge on any atom is -0.348 e. The lowest BCUT2D eigenvalue weighted by Crippen LogP contribution is -2.21. The summed E-state index contributed by atoms with van der Waals surface area (Å²) in [6.45, 7) is 6.21. The molecule has 0 radical (unpaired) electrons. The lowest BCUT2D eigenvalue weighted by Gasteiger charge is -2.09. The van der Waals surface area contributed by atoms with Gasteiger partial charge in [-0.15, -0.1) is 0 Å². The molecular formula is C17H24N2O2. The number of allylic oxidation sites excluding steroid dienone is 1. The number of carbonyl (C=O) groups is 2. The van der Waals surface area contributed by atoms with Crippen molar-refractivity contribution in [1.82, 2.24) is 5.32 Å². The first-order valence-corrected chi connectivity index (χ1v) is 7.37. The molecule has 0 saturated carbocycles. The molecule has 0 aliphatic rings. The van der Waals surface area contributed by atoms with Crippen LogP contribution >= 0.6 is 0 Å². The molecule has 0 atom stereocenters. The molecule has 21 heavy (non-hydrogen) atoms. The molecule has 1 rings (SSSR count). The molecule has 4 nitrogen and oxygen atoms in total. The van der Waals surface area contributed by atoms with Crippen LogP contribution < -0.4 is 10.6 Å². The smallest absolute Gasteiger partial charge is 0.243 e. The maximum absolute atomic E-state index is 11.6. The van der Waals surface area contributed by atoms with Crippen molar-refractivity contribution in [1.29, 1.82) is 0 Å². The fourth-order valence-electron chi connectivity index (χ4n) is 1.65. The van der Waals surface area contributed by atoms with Crippen LogP contribution in [0.25, 0.3) is 0 Å². The van der Waals surface area contributed by atoms with Crippen molar-refractivity contribution < 1.29 is 9.59 Å². The summed E-state index contributed by atoms with van der Waals surface area (Å²) >= 11 is 0. The average Bonchev–Trinajstić information content (AvgIpc) is 2.45. The van der Waals surface area contributed by atoms with E-state index in [0.717, 1.165) is 24.1 Å². The number of nitrogens with one attached hydrogen (secondary N) is 2. The van der Waals surface area contributed by atoms with Crippen molar-refractivity contribution >= 4 is 17.5 Å². The fourth-order valence-corrected chi connectivity index (χ4v) is 1.65. The predicted octanol–water partition coefficient (Wildman–Crippen LogP) is 3.25. The molecule has 0 aromatic heterocycles. The molecule has 0 unspecified atom stereocenters. The van der Waals surface area contributed by atoms with E-state index in [-0.39, 0.29) is 17.7 Å². The summed E-state index contributed by atoms with van der Waals surface area (Å²) < 4.78 is 0. The quantitative estimate of drug-likeness (QED) is 0.757. The highest BCUT2D eigenvalue weighted by atomic mass is 16.2. The van der Waals surface area contributed by atoms with Gasteiger partial charge in [-0.2, -0.15) is 0 Å². The van der Waals surface area contributed by atoms with Gasteiger partial charge in [0.05, 0.1) is 0 Å². The molecule has 2 N–H and O–H groups in total. The number of rotatable bonds is 7. The SMILES string of the molecule is CCCC=CC(=O)NCc1cccc(NC(=O)C(C)C)c1. The van der Waals surface area contributed by atoms with Gasteiger partial charge in [0.25, 0.3) is 0 Å². The van der Waals surface area contributed by atoms with Crippen LogP contribution in [0.5, 0.6) is 0 Å². The highest BCUT2D eigenvalue weighted by Crippen LogP contribution is 2.11. The van der Waals surface area contributed by atoms with Gasteiger partial charge in [0.2, 0.25) is 11.8 Å². The standard InChI is InChI=1S/C17H24N2O2/c1-4-5-6-10-16(20)18-12-14-8-7-9-15(11-14)19-17(21)13(2)3/h6-11,13H,4-5,12H2,1-3H3,(H,18,20)(H,19,21). The zero-order valence-corrected chi connectivity index (χ0v) is 13.0. The number of carbonyl (C=O) groups excluding carboxylic acids is 2. The number of hydrogen-bond acceptors (Lipinski definition) is 2. The monoisotopic (exact) mass is 288 g/mol. The molecule has 0 bridgehead atoms. The molecule has 4 heteroatoms. The normalized spacial score (nSPS) is 10.9. The van der Waals surface area contributed by atoms with Crippen LogP contribution in [-0.4, -0.2) is 11.8 Å². The number of unbranched alkanes of at least 4 members (excludes halogenated alkanes) is 1. The molecular weight excluding hydrogens is 264 g/mol. The van der Waals surface area contributed by atoms with Gasteiger partial charge >= 0.3 is 0 Å². The number of hydrogen-bond donors (Lipinski definition) is 2. The van der Waals surface area contributed by atoms with Crippen molar-refractivity contribution in [2.75, 3.05) is 5.32 Å². The largest absolute Gasteiger partial charge is 0.348 e. The Morgan fingerprint density at radius 2 is 2.05 bits per heavy atom. The second-order valence-corrected chi connectivity index (χ2v) is 5.25. The van der Waals surface area contributed by atoms with Gasteiger partial charge in [-0.3, -0.25) is 9.59 Å². The molecule has 2 amide bonds. The van der Waals surface area contributed by atoms with E-state index in [1.54, 1.807) is 6.08 Å². The highest BCUT2D eigenvalue weighted by molar-refractivity contribution is 5.92. The van der Waals surface area contributed by atoms with Gasteiger partial charge in [-0.25, -0.2) is 0 Å². The Morgan fingerprint density at radius 3 is 2.71 bits per heavy atom. The lowest BCUT2D eigenvalue weighted by atomic mass is 10.1. The molecule has 114 valence electrons. The molecule has 0 saturated heterocycles. The minimum absolute atomic E-state index is 0.0151. The van der Waals surface area contributed by atoms with Crippen molar-refractivity contribution in [3.8, 4) is 0 Å². The second-order valence-electron chi connectivity index (χ2n) is 5.25. The van der Waals surface area contributed by atoms with Crippen LogP contribution in [0, 0.1) is 5.92 Å². The topological polar surface area (TPSA) is 58.2 Å². The second kappa shape index (κ2) is 8.95. The van der Waals surface area contributed by atoms with Crippen LogP contribution in [0.3, 0.4) is 0 Å². The van der Waals surface area contributed by atoms with Crippen molar-refractivity contribution in [2.45, 2.75) is 40.2 Å². The summed E-state index contributed by atoms with van der Waals surface area (Å²) in [4.78, 5) is 23.2. The minimum atomic E-state index is -0.0972. The van der Waals surface area contributed by atoms with Crippen LogP contribution in [0.4, 0.5) is 5.69 Å². The van der Waals surface area contributed by atoms with E-state index in [0.29, 0.717) is 6.54 Å². The van der Waals surface area contributed by atoms with Crippen LogP contribution in [0.15, 0.2) is 36.4 Å². The third-order valence-electron chi connectivity index (χ3n) is 2.91. The summed E-state index contributed by atoms with van der Waals surface area (Å²) in [6.07, 6.45) is 5.37. The third kappa shape index (κ3) is 6.75. The van der Waals surface area contributed by atoms with E-state index in [9.17, 15) is 9.59 Å². The van der Waals surface area contributed by atoms with E-state index < -0.39 is 0 Å². The zero-order valence-electron chi connectivity index (χ0n) is 13.0. The molecule has 0 spiro atoms. The van der Waals surface area contributed by atoms with Crippen molar-refractivity contribution in [3.05, 3.63) is 42.0 Å². The summed E-state index contributed by atoms with van der Waals surface area (Å²) in [6, 6.07) is 7.49. The Bertz CT molecular complexity index is 507. The summed E-state index contributed by atoms with van der Waals surface area (Å²) in [7, 11) is 0. The number of benzene rings is 1. The summed E-state index contributed by atoms with van der Waals surface area (Å²) in [5, 5.41) is 5.67. The van der Waals surface area contributed by atoms with Gasteiger partial charge < -0.3 is 10.6 Å². The average molecular weight is 288 g/mol. The highest BCUT2D eigenvalue weighted by Gasteiger charge is 2.07. The lowest BCUT2D eigenvalue weighted by molar-refractivity contribution is -0.119. The molecule has 0 fully saturated rings. The van der Waals surface area contributed by atoms with Crippen LogP contribution in [-0.2, 0) is 16.1 Å². The molecule has 0 aliphatic carbocycles. The first kappa shape index (κ1) is 17.0. The van der Waals surface area contributed by atoms with Gasteiger partial charge in [0.1, 0.15) is 0 Å². The molecule has 0 heterocycles. The Hall–Kier alpha value is -2.10. The van der Waals surface area contributed by atoms with Gasteiger partial charge in [0, 0.05) is 18.2 Å². The van der Waals surface area contributed by atoms with Crippen LogP contribution in [0.1, 0.15) is 39.2 Å². The Balaban J connectivity index is 2.53. The molecule has 0 aliphatic heterocycles. The van der Waals surface area contributed by atoms with E-state index in [2.05, 4.69) is 17.6 Å². The number of anilines is 1. The third-order valence-corrected chi connectivity index (χ3v) is 2.91. The van der Waals surface area contributed by atoms with Gasteiger partial charge in [0.15, 0.2) is 0 Å². The van der Waals surface area contributed by atoms with Crippen LogP contribution in [0.2, 0.25) is 0 Å². The molecule has 1 aromatic carbocycles. The Kier molecular flexibility index (Phi) is 7.23. The van der Waals surface area contributed by atoms with Gasteiger partial charge in [-0.05, 0) is 30.2 Å². The fraction of sp³-hybridized carbons (Fsp3) is 0.412. The van der Waals surface area contributed by atoms with Crippen molar-refractivity contribution in [2.24, 2.45) is 5.92 Å². The van der Waals surface area contributed by atoms with Gasteiger partial charge in [-0.1, -0.05) is 45.4 Å². The Morgan fingerprint density at radius 1 is 1.29 bits per heavy atom. The number of amides is 2. The maximum Gasteiger partial charge on any atom is 0.243 e. The Labute approximate surface area is 126 Å². The summed E-state index contributed by atoms with van der Waals surface area (Å²) in [5.74, 6) is -0.171. The zero-order chi connectivity index (χ0) is 15.7. The van der Waals surface area contributed by atoms with E-state index in [1.165, 1.54) is 0 Å². The predicted molar refractivity (Wildman–Crippen MR) is 85.8 cm³/mol. The summed E-state index contributed by atoms with van der Waals surface area (Å²) in [5.41, 5.74) is 1.70. The first-order chi connectivity index (χ1) is 10.0. The van der Waals surface area contributed by atoms with E-state index in [4.69, 9.17) is 0 Å². The van der Waals surface area contributed by atoms with Crippen molar-refractivity contribution in [3.63, 3.8) is 0 Å².